The molecule has 0 spiro atoms. The van der Waals surface area contributed by atoms with Crippen LogP contribution in [0.1, 0.15) is 23.3 Å². The van der Waals surface area contributed by atoms with Crippen molar-refractivity contribution in [1.29, 1.82) is 0 Å². The van der Waals surface area contributed by atoms with Crippen molar-refractivity contribution in [1.82, 2.24) is 14.7 Å². The number of carbonyl (C=O) groups excluding carboxylic acids is 1. The van der Waals surface area contributed by atoms with Crippen molar-refractivity contribution in [2.45, 2.75) is 12.8 Å². The molecular formula is C16H17N3O3. The lowest BCUT2D eigenvalue weighted by Gasteiger charge is -2.30. The predicted octanol–water partition coefficient (Wildman–Crippen LogP) is 1.81. The largest absolute Gasteiger partial charge is 0.481 e. The number of amides is 1. The molecular weight excluding hydrogens is 282 g/mol. The fraction of sp³-hybridized carbons (Fsp3) is 0.312. The minimum absolute atomic E-state index is 0.106. The highest BCUT2D eigenvalue weighted by atomic mass is 16.4. The number of piperidine rings is 1. The van der Waals surface area contributed by atoms with Gasteiger partial charge in [-0.1, -0.05) is 18.2 Å². The highest BCUT2D eigenvalue weighted by Crippen LogP contribution is 2.20. The maximum absolute atomic E-state index is 12.6. The van der Waals surface area contributed by atoms with Gasteiger partial charge in [0.1, 0.15) is 5.69 Å². The van der Waals surface area contributed by atoms with Crippen LogP contribution >= 0.6 is 0 Å². The first-order chi connectivity index (χ1) is 10.7. The quantitative estimate of drug-likeness (QED) is 0.938. The number of aliphatic carboxylic acids is 1. The van der Waals surface area contributed by atoms with E-state index in [0.29, 0.717) is 31.6 Å². The van der Waals surface area contributed by atoms with Gasteiger partial charge in [-0.25, -0.2) is 4.68 Å². The number of hydrogen-bond donors (Lipinski definition) is 1. The van der Waals surface area contributed by atoms with E-state index >= 15 is 0 Å². The molecule has 1 amide bonds. The molecule has 2 aromatic rings. The fourth-order valence-corrected chi connectivity index (χ4v) is 2.73. The van der Waals surface area contributed by atoms with Gasteiger partial charge in [-0.15, -0.1) is 0 Å². The molecule has 0 atom stereocenters. The third-order valence-corrected chi connectivity index (χ3v) is 3.99. The molecule has 2 heterocycles. The molecule has 6 nitrogen and oxygen atoms in total. The molecule has 0 aliphatic carbocycles. The zero-order valence-corrected chi connectivity index (χ0v) is 12.1. The second-order valence-electron chi connectivity index (χ2n) is 5.37. The maximum Gasteiger partial charge on any atom is 0.306 e. The first-order valence-corrected chi connectivity index (χ1v) is 7.28. The number of aromatic nitrogens is 2. The van der Waals surface area contributed by atoms with Gasteiger partial charge in [0.2, 0.25) is 0 Å². The summed E-state index contributed by atoms with van der Waals surface area (Å²) in [6.07, 6.45) is 2.60. The Balaban J connectivity index is 1.77. The second-order valence-corrected chi connectivity index (χ2v) is 5.37. The molecule has 1 aliphatic heterocycles. The third-order valence-electron chi connectivity index (χ3n) is 3.99. The van der Waals surface area contributed by atoms with E-state index in [-0.39, 0.29) is 11.8 Å². The van der Waals surface area contributed by atoms with E-state index in [0.717, 1.165) is 5.69 Å². The van der Waals surface area contributed by atoms with Crippen LogP contribution in [0.2, 0.25) is 0 Å². The van der Waals surface area contributed by atoms with Crippen molar-refractivity contribution in [3.63, 3.8) is 0 Å². The van der Waals surface area contributed by atoms with Gasteiger partial charge in [-0.2, -0.15) is 5.10 Å². The summed E-state index contributed by atoms with van der Waals surface area (Å²) < 4.78 is 1.62. The standard InChI is InChI=1S/C16H17N3O3/c20-15(18-10-7-12(8-11-18)16(21)22)14-6-9-17-19(14)13-4-2-1-3-5-13/h1-6,9,12H,7-8,10-11H2,(H,21,22). The molecule has 1 aliphatic rings. The number of hydrogen-bond acceptors (Lipinski definition) is 3. The number of carboxylic acid groups (broad SMARTS) is 1. The Hall–Kier alpha value is -2.63. The summed E-state index contributed by atoms with van der Waals surface area (Å²) in [6, 6.07) is 11.2. The molecule has 1 N–H and O–H groups in total. The molecule has 3 rings (SSSR count). The Morgan fingerprint density at radius 2 is 1.77 bits per heavy atom. The molecule has 1 fully saturated rings. The summed E-state index contributed by atoms with van der Waals surface area (Å²) in [7, 11) is 0. The smallest absolute Gasteiger partial charge is 0.306 e. The van der Waals surface area contributed by atoms with Gasteiger partial charge in [0.25, 0.3) is 5.91 Å². The summed E-state index contributed by atoms with van der Waals surface area (Å²) in [5, 5.41) is 13.2. The van der Waals surface area contributed by atoms with E-state index in [1.54, 1.807) is 21.8 Å². The molecule has 0 radical (unpaired) electrons. The Labute approximate surface area is 128 Å². The van der Waals surface area contributed by atoms with Crippen LogP contribution in [0.5, 0.6) is 0 Å². The molecule has 114 valence electrons. The maximum atomic E-state index is 12.6. The molecule has 22 heavy (non-hydrogen) atoms. The summed E-state index contributed by atoms with van der Waals surface area (Å²) in [5.74, 6) is -1.23. The summed E-state index contributed by atoms with van der Waals surface area (Å²) in [6.45, 7) is 0.936. The number of carbonyl (C=O) groups is 2. The van der Waals surface area contributed by atoms with Gasteiger partial charge < -0.3 is 10.0 Å². The Morgan fingerprint density at radius 1 is 1.09 bits per heavy atom. The Bertz CT molecular complexity index is 673. The topological polar surface area (TPSA) is 75.4 Å². The minimum Gasteiger partial charge on any atom is -0.481 e. The number of carboxylic acids is 1. The number of nitrogens with zero attached hydrogens (tertiary/aromatic N) is 3. The van der Waals surface area contributed by atoms with Crippen molar-refractivity contribution in [2.24, 2.45) is 5.92 Å². The zero-order chi connectivity index (χ0) is 15.5. The number of benzene rings is 1. The van der Waals surface area contributed by atoms with Gasteiger partial charge in [0, 0.05) is 13.1 Å². The van der Waals surface area contributed by atoms with Gasteiger partial charge in [-0.3, -0.25) is 9.59 Å². The fourth-order valence-electron chi connectivity index (χ4n) is 2.73. The molecule has 6 heteroatoms. The van der Waals surface area contributed by atoms with E-state index in [9.17, 15) is 9.59 Å². The molecule has 0 saturated carbocycles. The van der Waals surface area contributed by atoms with Crippen LogP contribution in [0, 0.1) is 5.92 Å². The van der Waals surface area contributed by atoms with Crippen molar-refractivity contribution in [3.05, 3.63) is 48.3 Å². The lowest BCUT2D eigenvalue weighted by atomic mass is 9.97. The normalized spacial score (nSPS) is 15.7. The van der Waals surface area contributed by atoms with E-state index < -0.39 is 5.97 Å². The summed E-state index contributed by atoms with van der Waals surface area (Å²) in [5.41, 5.74) is 1.33. The highest BCUT2D eigenvalue weighted by molar-refractivity contribution is 5.93. The van der Waals surface area contributed by atoms with Crippen LogP contribution in [-0.2, 0) is 4.79 Å². The summed E-state index contributed by atoms with van der Waals surface area (Å²) in [4.78, 5) is 25.3. The van der Waals surface area contributed by atoms with Gasteiger partial charge >= 0.3 is 5.97 Å². The van der Waals surface area contributed by atoms with Crippen LogP contribution in [-0.4, -0.2) is 44.8 Å². The molecule has 0 unspecified atom stereocenters. The van der Waals surface area contributed by atoms with Crippen LogP contribution < -0.4 is 0 Å². The van der Waals surface area contributed by atoms with Crippen LogP contribution in [0.15, 0.2) is 42.6 Å². The first-order valence-electron chi connectivity index (χ1n) is 7.28. The average molecular weight is 299 g/mol. The van der Waals surface area contributed by atoms with Crippen molar-refractivity contribution in [2.75, 3.05) is 13.1 Å². The van der Waals surface area contributed by atoms with Crippen LogP contribution in [0.3, 0.4) is 0 Å². The van der Waals surface area contributed by atoms with E-state index in [4.69, 9.17) is 5.11 Å². The molecule has 1 aromatic heterocycles. The van der Waals surface area contributed by atoms with E-state index in [2.05, 4.69) is 5.10 Å². The molecule has 1 saturated heterocycles. The van der Waals surface area contributed by atoms with Crippen molar-refractivity contribution >= 4 is 11.9 Å². The third kappa shape index (κ3) is 2.72. The zero-order valence-electron chi connectivity index (χ0n) is 12.1. The monoisotopic (exact) mass is 299 g/mol. The number of para-hydroxylation sites is 1. The predicted molar refractivity (Wildman–Crippen MR) is 79.8 cm³/mol. The SMILES string of the molecule is O=C(O)C1CCN(C(=O)c2ccnn2-c2ccccc2)CC1. The Kier molecular flexibility index (Phi) is 3.91. The van der Waals surface area contributed by atoms with Gasteiger partial charge in [0.15, 0.2) is 0 Å². The van der Waals surface area contributed by atoms with E-state index in [1.807, 2.05) is 30.3 Å². The van der Waals surface area contributed by atoms with Crippen LogP contribution in [0.4, 0.5) is 0 Å². The van der Waals surface area contributed by atoms with Crippen LogP contribution in [0.25, 0.3) is 5.69 Å². The van der Waals surface area contributed by atoms with Crippen molar-refractivity contribution < 1.29 is 14.7 Å². The van der Waals surface area contributed by atoms with E-state index in [1.165, 1.54) is 0 Å². The van der Waals surface area contributed by atoms with Gasteiger partial charge in [-0.05, 0) is 31.0 Å². The highest BCUT2D eigenvalue weighted by Gasteiger charge is 2.28. The average Bonchev–Trinajstić information content (AvgIpc) is 3.04. The summed E-state index contributed by atoms with van der Waals surface area (Å²) >= 11 is 0. The van der Waals surface area contributed by atoms with Gasteiger partial charge in [0.05, 0.1) is 17.8 Å². The minimum atomic E-state index is -0.776. The lowest BCUT2D eigenvalue weighted by Crippen LogP contribution is -2.40. The molecule has 0 bridgehead atoms. The number of rotatable bonds is 3. The number of likely N-dealkylation sites (tertiary alicyclic amines) is 1. The first kappa shape index (κ1) is 14.3. The molecule has 1 aromatic carbocycles. The Morgan fingerprint density at radius 3 is 2.41 bits per heavy atom. The second kappa shape index (κ2) is 6.01. The van der Waals surface area contributed by atoms with Crippen molar-refractivity contribution in [3.8, 4) is 5.69 Å². The lowest BCUT2D eigenvalue weighted by molar-refractivity contribution is -0.143.